The molecule has 226 valence electrons. The topological polar surface area (TPSA) is 125 Å². The van der Waals surface area contributed by atoms with Crippen molar-refractivity contribution in [1.29, 1.82) is 0 Å². The maximum Gasteiger partial charge on any atom is 0.350 e. The number of alkyl halides is 2. The van der Waals surface area contributed by atoms with Crippen LogP contribution in [0.3, 0.4) is 0 Å². The number of tetrazole rings is 1. The second-order valence-corrected chi connectivity index (χ2v) is 10.6. The number of halogens is 2. The van der Waals surface area contributed by atoms with Crippen molar-refractivity contribution in [2.45, 2.75) is 25.1 Å². The van der Waals surface area contributed by atoms with Gasteiger partial charge in [-0.15, -0.1) is 10.2 Å². The van der Waals surface area contributed by atoms with Crippen LogP contribution in [-0.4, -0.2) is 91.4 Å². The van der Waals surface area contributed by atoms with Crippen molar-refractivity contribution in [1.82, 2.24) is 40.0 Å². The molecule has 0 bridgehead atoms. The smallest absolute Gasteiger partial charge is 0.350 e. The fourth-order valence-corrected chi connectivity index (χ4v) is 5.52. The fourth-order valence-electron chi connectivity index (χ4n) is 5.52. The van der Waals surface area contributed by atoms with Crippen LogP contribution in [0, 0.1) is 0 Å². The number of piperazine rings is 1. The zero-order valence-electron chi connectivity index (χ0n) is 23.5. The summed E-state index contributed by atoms with van der Waals surface area (Å²) in [4.78, 5) is 26.5. The summed E-state index contributed by atoms with van der Waals surface area (Å²) in [5.41, 5.74) is 2.99. The molecule has 7 rings (SSSR count). The second-order valence-electron chi connectivity index (χ2n) is 10.6. The number of aromatic nitrogens is 6. The molecule has 14 heteroatoms. The number of ether oxygens (including phenoxy) is 2. The van der Waals surface area contributed by atoms with E-state index in [4.69, 9.17) is 13.9 Å². The highest BCUT2D eigenvalue weighted by Gasteiger charge is 2.32. The highest BCUT2D eigenvalue weighted by atomic mass is 19.3. The van der Waals surface area contributed by atoms with Gasteiger partial charge in [-0.2, -0.15) is 8.78 Å². The first-order valence-electron chi connectivity index (χ1n) is 14.3. The lowest BCUT2D eigenvalue weighted by Crippen LogP contribution is -2.50. The third kappa shape index (κ3) is 5.73. The molecule has 2 saturated heterocycles. The SMILES string of the molecule is O=C(c1cc(-c2nc3cc(O[C@H]4CCOC4)ccc3o2)ccn1)N1CCN([C@@H](c2ccccc2)c2nnn(C(F)F)n2)CC1. The molecule has 0 radical (unpaired) electrons. The van der Waals surface area contributed by atoms with Gasteiger partial charge in [-0.05, 0) is 35.0 Å². The summed E-state index contributed by atoms with van der Waals surface area (Å²) in [7, 11) is 0. The highest BCUT2D eigenvalue weighted by Crippen LogP contribution is 2.30. The molecule has 0 aliphatic carbocycles. The largest absolute Gasteiger partial charge is 0.488 e. The molecule has 1 amide bonds. The summed E-state index contributed by atoms with van der Waals surface area (Å²) in [6.07, 6.45) is 2.43. The van der Waals surface area contributed by atoms with Gasteiger partial charge in [-0.1, -0.05) is 35.1 Å². The zero-order valence-corrected chi connectivity index (χ0v) is 23.5. The Morgan fingerprint density at radius 2 is 1.86 bits per heavy atom. The molecule has 0 saturated carbocycles. The lowest BCUT2D eigenvalue weighted by molar-refractivity contribution is 0.0385. The summed E-state index contributed by atoms with van der Waals surface area (Å²) in [6, 6.07) is 17.8. The molecule has 2 aliphatic heterocycles. The van der Waals surface area contributed by atoms with Crippen molar-refractivity contribution in [3.05, 3.63) is 83.9 Å². The molecule has 5 aromatic rings. The van der Waals surface area contributed by atoms with E-state index in [0.717, 1.165) is 12.0 Å². The predicted molar refractivity (Wildman–Crippen MR) is 152 cm³/mol. The first-order valence-corrected chi connectivity index (χ1v) is 14.3. The number of amides is 1. The third-order valence-electron chi connectivity index (χ3n) is 7.72. The number of hydrogen-bond donors (Lipinski definition) is 0. The lowest BCUT2D eigenvalue weighted by Gasteiger charge is -2.38. The van der Waals surface area contributed by atoms with Crippen molar-refractivity contribution in [3.63, 3.8) is 0 Å². The van der Waals surface area contributed by atoms with E-state index in [1.807, 2.05) is 48.5 Å². The average Bonchev–Trinajstić information content (AvgIpc) is 3.84. The van der Waals surface area contributed by atoms with Crippen molar-refractivity contribution in [2.24, 2.45) is 0 Å². The molecule has 0 N–H and O–H groups in total. The van der Waals surface area contributed by atoms with Crippen molar-refractivity contribution >= 4 is 17.0 Å². The van der Waals surface area contributed by atoms with Crippen LogP contribution < -0.4 is 4.74 Å². The minimum Gasteiger partial charge on any atom is -0.488 e. The van der Waals surface area contributed by atoms with Gasteiger partial charge >= 0.3 is 6.55 Å². The number of nitrogens with zero attached hydrogens (tertiary/aromatic N) is 8. The van der Waals surface area contributed by atoms with Crippen LogP contribution in [0.4, 0.5) is 8.78 Å². The standard InChI is InChI=1S/C30H28F2N8O4/c31-30(32)40-36-27(35-37-40)26(19-4-2-1-3-5-19)38-11-13-39(14-12-38)29(41)24-16-20(8-10-33-24)28-34-23-17-21(6-7-25(23)44-28)43-22-9-15-42-18-22/h1-8,10,16-17,22,26,30H,9,11-15,18H2/t22-,26-/m0/s1. The molecular formula is C30H28F2N8O4. The molecular weight excluding hydrogens is 574 g/mol. The van der Waals surface area contributed by atoms with Crippen LogP contribution in [-0.2, 0) is 4.74 Å². The zero-order chi connectivity index (χ0) is 30.0. The van der Waals surface area contributed by atoms with Gasteiger partial charge in [0, 0.05) is 50.4 Å². The summed E-state index contributed by atoms with van der Waals surface area (Å²) in [5.74, 6) is 1.02. The molecule has 3 aromatic heterocycles. The molecule has 0 spiro atoms. The van der Waals surface area contributed by atoms with Crippen molar-refractivity contribution < 1.29 is 27.5 Å². The van der Waals surface area contributed by atoms with Gasteiger partial charge in [-0.25, -0.2) is 4.98 Å². The van der Waals surface area contributed by atoms with Gasteiger partial charge < -0.3 is 18.8 Å². The van der Waals surface area contributed by atoms with Crippen LogP contribution in [0.1, 0.15) is 40.9 Å². The molecule has 2 fully saturated rings. The third-order valence-corrected chi connectivity index (χ3v) is 7.72. The molecule has 2 atom stereocenters. The van der Waals surface area contributed by atoms with E-state index in [1.165, 1.54) is 0 Å². The van der Waals surface area contributed by atoms with E-state index in [2.05, 4.69) is 30.3 Å². The quantitative estimate of drug-likeness (QED) is 0.258. The Kier molecular flexibility index (Phi) is 7.66. The van der Waals surface area contributed by atoms with Crippen LogP contribution in [0.5, 0.6) is 5.75 Å². The average molecular weight is 603 g/mol. The Morgan fingerprint density at radius 3 is 2.61 bits per heavy atom. The van der Waals surface area contributed by atoms with Crippen LogP contribution >= 0.6 is 0 Å². The molecule has 2 aromatic carbocycles. The second kappa shape index (κ2) is 12.1. The van der Waals surface area contributed by atoms with Gasteiger partial charge in [0.25, 0.3) is 5.91 Å². The Morgan fingerprint density at radius 1 is 1.02 bits per heavy atom. The summed E-state index contributed by atoms with van der Waals surface area (Å²) < 4.78 is 43.7. The highest BCUT2D eigenvalue weighted by molar-refractivity contribution is 5.93. The first-order chi connectivity index (χ1) is 21.5. The van der Waals surface area contributed by atoms with Gasteiger partial charge in [0.2, 0.25) is 5.89 Å². The van der Waals surface area contributed by atoms with Gasteiger partial charge in [-0.3, -0.25) is 14.7 Å². The number of carbonyl (C=O) groups is 1. The van der Waals surface area contributed by atoms with E-state index >= 15 is 0 Å². The number of carbonyl (C=O) groups excluding carboxylic acids is 1. The van der Waals surface area contributed by atoms with Gasteiger partial charge in [0.1, 0.15) is 23.1 Å². The Bertz CT molecular complexity index is 1750. The molecule has 12 nitrogen and oxygen atoms in total. The number of pyridine rings is 1. The van der Waals surface area contributed by atoms with Crippen molar-refractivity contribution in [2.75, 3.05) is 39.4 Å². The van der Waals surface area contributed by atoms with E-state index < -0.39 is 12.6 Å². The maximum absolute atomic E-state index is 13.5. The van der Waals surface area contributed by atoms with E-state index in [9.17, 15) is 13.6 Å². The summed E-state index contributed by atoms with van der Waals surface area (Å²) in [6.45, 7) is 0.111. The van der Waals surface area contributed by atoms with Gasteiger partial charge in [0.05, 0.1) is 19.3 Å². The maximum atomic E-state index is 13.5. The number of benzene rings is 2. The predicted octanol–water partition coefficient (Wildman–Crippen LogP) is 3.99. The van der Waals surface area contributed by atoms with E-state index in [0.29, 0.717) is 72.5 Å². The molecule has 44 heavy (non-hydrogen) atoms. The monoisotopic (exact) mass is 602 g/mol. The Balaban J connectivity index is 1.05. The molecule has 2 aliphatic rings. The Hall–Kier alpha value is -4.82. The minimum atomic E-state index is -2.89. The minimum absolute atomic E-state index is 0.0245. The number of oxazole rings is 1. The lowest BCUT2D eigenvalue weighted by atomic mass is 10.0. The molecule has 0 unspecified atom stereocenters. The van der Waals surface area contributed by atoms with Crippen molar-refractivity contribution in [3.8, 4) is 17.2 Å². The normalized spacial score (nSPS) is 18.2. The van der Waals surface area contributed by atoms with Crippen LogP contribution in [0.2, 0.25) is 0 Å². The first kappa shape index (κ1) is 28.0. The number of hydrogen-bond acceptors (Lipinski definition) is 10. The van der Waals surface area contributed by atoms with Gasteiger partial charge in [0.15, 0.2) is 11.4 Å². The van der Waals surface area contributed by atoms with E-state index in [1.54, 1.807) is 23.2 Å². The van der Waals surface area contributed by atoms with Crippen LogP contribution in [0.25, 0.3) is 22.6 Å². The van der Waals surface area contributed by atoms with Crippen LogP contribution in [0.15, 0.2) is 71.3 Å². The molecule has 5 heterocycles. The Labute approximate surface area is 250 Å². The fraction of sp³-hybridized carbons (Fsp3) is 0.333. The van der Waals surface area contributed by atoms with E-state index in [-0.39, 0.29) is 23.5 Å². The number of rotatable bonds is 8. The number of fused-ring (bicyclic) bond motifs is 1. The summed E-state index contributed by atoms with van der Waals surface area (Å²) >= 11 is 0. The summed E-state index contributed by atoms with van der Waals surface area (Å²) in [5, 5.41) is 11.4.